The van der Waals surface area contributed by atoms with Crippen molar-refractivity contribution in [3.05, 3.63) is 88.7 Å². The van der Waals surface area contributed by atoms with E-state index in [0.29, 0.717) is 17.7 Å². The summed E-state index contributed by atoms with van der Waals surface area (Å²) in [4.78, 5) is 17.5. The minimum atomic E-state index is -3.80. The number of sulfonamides is 1. The zero-order valence-corrected chi connectivity index (χ0v) is 17.5. The molecule has 0 aliphatic heterocycles. The van der Waals surface area contributed by atoms with E-state index >= 15 is 0 Å². The van der Waals surface area contributed by atoms with Crippen molar-refractivity contribution < 1.29 is 13.2 Å². The van der Waals surface area contributed by atoms with Gasteiger partial charge in [-0.15, -0.1) is 11.3 Å². The number of carbonyl (C=O) groups excluding carboxylic acids is 1. The molecular formula is C22H19N3O3S2. The van der Waals surface area contributed by atoms with Crippen LogP contribution in [0.15, 0.2) is 83.2 Å². The first-order chi connectivity index (χ1) is 14.5. The van der Waals surface area contributed by atoms with Crippen molar-refractivity contribution in [2.45, 2.75) is 17.9 Å². The van der Waals surface area contributed by atoms with Gasteiger partial charge in [-0.05, 0) is 41.3 Å². The summed E-state index contributed by atoms with van der Waals surface area (Å²) < 4.78 is 28.3. The fourth-order valence-corrected chi connectivity index (χ4v) is 4.92. The van der Waals surface area contributed by atoms with Gasteiger partial charge in [0.05, 0.1) is 18.5 Å². The van der Waals surface area contributed by atoms with Crippen LogP contribution in [0, 0.1) is 0 Å². The largest absolute Gasteiger partial charge is 0.351 e. The number of thiophene rings is 1. The summed E-state index contributed by atoms with van der Waals surface area (Å²) in [5, 5.41) is 5.60. The second kappa shape index (κ2) is 8.64. The lowest BCUT2D eigenvalue weighted by atomic mass is 10.1. The lowest BCUT2D eigenvalue weighted by Gasteiger charge is -2.11. The molecule has 0 radical (unpaired) electrons. The summed E-state index contributed by atoms with van der Waals surface area (Å²) >= 11 is 1.59. The quantitative estimate of drug-likeness (QED) is 0.458. The molecule has 0 atom stereocenters. The molecule has 2 N–H and O–H groups in total. The predicted octanol–water partition coefficient (Wildman–Crippen LogP) is 3.96. The van der Waals surface area contributed by atoms with E-state index in [9.17, 15) is 13.2 Å². The number of anilines is 1. The Kier molecular flexibility index (Phi) is 5.78. The fourth-order valence-electron chi connectivity index (χ4n) is 3.04. The van der Waals surface area contributed by atoms with E-state index in [1.165, 1.54) is 6.07 Å². The van der Waals surface area contributed by atoms with Crippen LogP contribution in [0.1, 0.15) is 10.4 Å². The summed E-state index contributed by atoms with van der Waals surface area (Å²) in [7, 11) is -3.80. The van der Waals surface area contributed by atoms with Crippen LogP contribution in [0.3, 0.4) is 0 Å². The number of hydrogen-bond donors (Lipinski definition) is 2. The molecule has 6 nitrogen and oxygen atoms in total. The first-order valence-corrected chi connectivity index (χ1v) is 11.6. The van der Waals surface area contributed by atoms with Gasteiger partial charge in [-0.3, -0.25) is 14.5 Å². The Hall–Kier alpha value is -3.23. The Morgan fingerprint density at radius 1 is 0.967 bits per heavy atom. The highest BCUT2D eigenvalue weighted by atomic mass is 32.2. The molecule has 2 aromatic carbocycles. The molecule has 4 rings (SSSR count). The lowest BCUT2D eigenvalue weighted by Crippen LogP contribution is -2.24. The molecule has 0 aliphatic rings. The number of carbonyl (C=O) groups is 1. The molecule has 4 aromatic rings. The summed E-state index contributed by atoms with van der Waals surface area (Å²) in [6.07, 6.45) is 1.80. The maximum Gasteiger partial charge on any atom is 0.264 e. The number of hydrogen-bond acceptors (Lipinski definition) is 5. The first kappa shape index (κ1) is 20.1. The molecule has 30 heavy (non-hydrogen) atoms. The predicted molar refractivity (Wildman–Crippen MR) is 119 cm³/mol. The number of fused-ring (bicyclic) bond motifs is 1. The van der Waals surface area contributed by atoms with Crippen LogP contribution < -0.4 is 10.0 Å². The average Bonchev–Trinajstić information content (AvgIpc) is 3.27. The number of nitrogens with zero attached hydrogens (tertiary/aromatic N) is 1. The van der Waals surface area contributed by atoms with Gasteiger partial charge in [0.25, 0.3) is 10.0 Å². The molecule has 0 bridgehead atoms. The van der Waals surface area contributed by atoms with Crippen LogP contribution in [0.4, 0.5) is 5.69 Å². The van der Waals surface area contributed by atoms with Crippen LogP contribution in [0.25, 0.3) is 10.9 Å². The summed E-state index contributed by atoms with van der Waals surface area (Å²) in [6, 6.07) is 19.3. The molecular weight excluding hydrogens is 418 g/mol. The molecule has 0 saturated carbocycles. The Morgan fingerprint density at radius 2 is 1.77 bits per heavy atom. The van der Waals surface area contributed by atoms with E-state index in [2.05, 4.69) is 15.0 Å². The Balaban J connectivity index is 1.43. The van der Waals surface area contributed by atoms with Gasteiger partial charge in [-0.25, -0.2) is 8.42 Å². The maximum atomic E-state index is 12.9. The lowest BCUT2D eigenvalue weighted by molar-refractivity contribution is -0.120. The third-order valence-corrected chi connectivity index (χ3v) is 6.79. The van der Waals surface area contributed by atoms with Crippen molar-refractivity contribution in [3.63, 3.8) is 0 Å². The van der Waals surface area contributed by atoms with Gasteiger partial charge in [0.2, 0.25) is 5.91 Å². The second-order valence-corrected chi connectivity index (χ2v) is 9.35. The monoisotopic (exact) mass is 437 g/mol. The third kappa shape index (κ3) is 4.67. The molecule has 0 saturated heterocycles. The summed E-state index contributed by atoms with van der Waals surface area (Å²) in [5.41, 5.74) is 1.64. The highest BCUT2D eigenvalue weighted by Crippen LogP contribution is 2.23. The van der Waals surface area contributed by atoms with Gasteiger partial charge < -0.3 is 5.32 Å². The van der Waals surface area contributed by atoms with E-state index in [-0.39, 0.29) is 17.2 Å². The van der Waals surface area contributed by atoms with Gasteiger partial charge >= 0.3 is 0 Å². The highest BCUT2D eigenvalue weighted by Gasteiger charge is 2.18. The van der Waals surface area contributed by atoms with E-state index in [1.807, 2.05) is 29.6 Å². The number of amides is 1. The maximum absolute atomic E-state index is 12.9. The molecule has 2 heterocycles. The van der Waals surface area contributed by atoms with Gasteiger partial charge in [-0.2, -0.15) is 0 Å². The number of aromatic nitrogens is 1. The average molecular weight is 438 g/mol. The van der Waals surface area contributed by atoms with Crippen molar-refractivity contribution >= 4 is 43.9 Å². The van der Waals surface area contributed by atoms with E-state index in [4.69, 9.17) is 0 Å². The molecule has 1 amide bonds. The zero-order valence-electron chi connectivity index (χ0n) is 15.9. The molecule has 2 aromatic heterocycles. The van der Waals surface area contributed by atoms with Crippen LogP contribution in [0.5, 0.6) is 0 Å². The summed E-state index contributed by atoms with van der Waals surface area (Å²) in [6.45, 7) is 0.507. The standard InChI is InChI=1S/C22H19N3O3S2/c26-21(24-15-19-6-3-13-29-19)14-16-8-10-18(11-9-16)25-30(27,28)20-7-1-4-17-5-2-12-23-22(17)20/h1-13,25H,14-15H2,(H,24,26). The Labute approximate surface area is 178 Å². The highest BCUT2D eigenvalue weighted by molar-refractivity contribution is 7.93. The summed E-state index contributed by atoms with van der Waals surface area (Å²) in [5.74, 6) is -0.0847. The van der Waals surface area contributed by atoms with Gasteiger partial charge in [-0.1, -0.05) is 36.4 Å². The van der Waals surface area contributed by atoms with Crippen molar-refractivity contribution in [2.24, 2.45) is 0 Å². The van der Waals surface area contributed by atoms with Gasteiger partial charge in [0, 0.05) is 22.1 Å². The molecule has 0 aliphatic carbocycles. The topological polar surface area (TPSA) is 88.2 Å². The van der Waals surface area contributed by atoms with E-state index < -0.39 is 10.0 Å². The molecule has 0 unspecified atom stereocenters. The normalized spacial score (nSPS) is 11.3. The Morgan fingerprint density at radius 3 is 2.53 bits per heavy atom. The van der Waals surface area contributed by atoms with Crippen molar-refractivity contribution in [1.29, 1.82) is 0 Å². The van der Waals surface area contributed by atoms with E-state index in [0.717, 1.165) is 15.8 Å². The van der Waals surface area contributed by atoms with Crippen molar-refractivity contribution in [2.75, 3.05) is 4.72 Å². The molecule has 8 heteroatoms. The first-order valence-electron chi connectivity index (χ1n) is 9.26. The van der Waals surface area contributed by atoms with Crippen molar-refractivity contribution in [3.8, 4) is 0 Å². The number of benzene rings is 2. The van der Waals surface area contributed by atoms with Gasteiger partial charge in [0.15, 0.2) is 0 Å². The fraction of sp³-hybridized carbons (Fsp3) is 0.0909. The van der Waals surface area contributed by atoms with Crippen LogP contribution in [-0.2, 0) is 27.8 Å². The number of para-hydroxylation sites is 1. The number of pyridine rings is 1. The van der Waals surface area contributed by atoms with E-state index in [1.54, 1.807) is 53.9 Å². The third-order valence-electron chi connectivity index (χ3n) is 4.50. The molecule has 0 spiro atoms. The SMILES string of the molecule is O=C(Cc1ccc(NS(=O)(=O)c2cccc3cccnc23)cc1)NCc1cccs1. The minimum absolute atomic E-state index is 0.0847. The number of nitrogens with one attached hydrogen (secondary N) is 2. The molecule has 152 valence electrons. The smallest absolute Gasteiger partial charge is 0.264 e. The van der Waals surface area contributed by atoms with Crippen LogP contribution in [-0.4, -0.2) is 19.3 Å². The van der Waals surface area contributed by atoms with Crippen LogP contribution >= 0.6 is 11.3 Å². The van der Waals surface area contributed by atoms with Crippen molar-refractivity contribution in [1.82, 2.24) is 10.3 Å². The van der Waals surface area contributed by atoms with Crippen LogP contribution in [0.2, 0.25) is 0 Å². The van der Waals surface area contributed by atoms with Gasteiger partial charge in [0.1, 0.15) is 4.90 Å². The minimum Gasteiger partial charge on any atom is -0.351 e. The second-order valence-electron chi connectivity index (χ2n) is 6.67. The number of rotatable bonds is 7. The zero-order chi connectivity index (χ0) is 21.0. The molecule has 0 fully saturated rings. The Bertz CT molecular complexity index is 1260.